The zero-order valence-corrected chi connectivity index (χ0v) is 11.3. The van der Waals surface area contributed by atoms with E-state index < -0.39 is 0 Å². The van der Waals surface area contributed by atoms with Crippen LogP contribution in [0.4, 0.5) is 0 Å². The van der Waals surface area contributed by atoms with Crippen molar-refractivity contribution in [3.8, 4) is 0 Å². The van der Waals surface area contributed by atoms with Crippen LogP contribution in [0, 0.1) is 0 Å². The highest BCUT2D eigenvalue weighted by Crippen LogP contribution is 2.08. The van der Waals surface area contributed by atoms with Crippen molar-refractivity contribution in [2.45, 2.75) is 51.2 Å². The predicted octanol–water partition coefficient (Wildman–Crippen LogP) is 4.13. The molecule has 0 aromatic rings. The van der Waals surface area contributed by atoms with Crippen LogP contribution in [0.1, 0.15) is 44.9 Å². The Hall–Kier alpha value is -0.0500. The Balaban J connectivity index is 3.17. The third-order valence-corrected chi connectivity index (χ3v) is 2.77. The summed E-state index contributed by atoms with van der Waals surface area (Å²) in [7, 11) is 3.38. The van der Waals surface area contributed by atoms with Crippen molar-refractivity contribution in [2.24, 2.45) is 0 Å². The lowest BCUT2D eigenvalue weighted by molar-refractivity contribution is -0.107. The van der Waals surface area contributed by atoms with Crippen LogP contribution < -0.4 is 0 Å². The van der Waals surface area contributed by atoms with Gasteiger partial charge in [0.2, 0.25) is 0 Å². The quantitative estimate of drug-likeness (QED) is 0.237. The number of ether oxygens (including phenoxy) is 2. The first kappa shape index (κ1) is 16.0. The lowest BCUT2D eigenvalue weighted by Crippen LogP contribution is -2.12. The average molecular weight is 249 g/mol. The molecule has 0 unspecified atom stereocenters. The maximum Gasteiger partial charge on any atom is 0.156 e. The number of allylic oxidation sites excluding steroid dienone is 2. The summed E-state index contributed by atoms with van der Waals surface area (Å²) >= 11 is 5.58. The number of unbranched alkanes of at least 4 members (excludes halogenated alkanes) is 4. The van der Waals surface area contributed by atoms with Crippen molar-refractivity contribution < 1.29 is 9.47 Å². The van der Waals surface area contributed by atoms with Crippen LogP contribution >= 0.6 is 11.6 Å². The van der Waals surface area contributed by atoms with Gasteiger partial charge in [0.05, 0.1) is 0 Å². The fourth-order valence-electron chi connectivity index (χ4n) is 1.51. The highest BCUT2D eigenvalue weighted by atomic mass is 35.5. The minimum Gasteiger partial charge on any atom is -0.356 e. The lowest BCUT2D eigenvalue weighted by atomic mass is 10.1. The summed E-state index contributed by atoms with van der Waals surface area (Å²) in [6.45, 7) is 0. The average Bonchev–Trinajstić information content (AvgIpc) is 2.32. The van der Waals surface area contributed by atoms with Gasteiger partial charge in [-0.1, -0.05) is 18.6 Å². The van der Waals surface area contributed by atoms with Crippen LogP contribution in [-0.4, -0.2) is 26.4 Å². The molecule has 0 heterocycles. The van der Waals surface area contributed by atoms with Crippen LogP contribution in [0.5, 0.6) is 0 Å². The molecule has 0 spiro atoms. The molecule has 0 fully saturated rings. The predicted molar refractivity (Wildman–Crippen MR) is 70.0 cm³/mol. The molecule has 0 atom stereocenters. The monoisotopic (exact) mass is 248 g/mol. The summed E-state index contributed by atoms with van der Waals surface area (Å²) in [5.74, 6) is 0.764. The Labute approximate surface area is 105 Å². The zero-order valence-electron chi connectivity index (χ0n) is 10.6. The molecule has 0 N–H and O–H groups in total. The molecule has 0 aromatic carbocycles. The molecule has 0 saturated carbocycles. The van der Waals surface area contributed by atoms with Crippen molar-refractivity contribution in [3.05, 3.63) is 12.2 Å². The molecule has 0 aliphatic carbocycles. The molecule has 0 bridgehead atoms. The van der Waals surface area contributed by atoms with Gasteiger partial charge in [0.25, 0.3) is 0 Å². The summed E-state index contributed by atoms with van der Waals surface area (Å²) in [6, 6.07) is 0. The van der Waals surface area contributed by atoms with E-state index in [1.165, 1.54) is 25.7 Å². The van der Waals surface area contributed by atoms with Gasteiger partial charge in [-0.15, -0.1) is 11.6 Å². The second-order valence-corrected chi connectivity index (χ2v) is 4.22. The largest absolute Gasteiger partial charge is 0.356 e. The molecule has 0 rings (SSSR count). The molecule has 0 saturated heterocycles. The third kappa shape index (κ3) is 10.5. The lowest BCUT2D eigenvalue weighted by Gasteiger charge is -2.12. The van der Waals surface area contributed by atoms with Crippen LogP contribution in [0.15, 0.2) is 12.2 Å². The SMILES string of the molecule is COC(CCCCC/C=C\CCCCl)OC. The topological polar surface area (TPSA) is 18.5 Å². The Kier molecular flexibility index (Phi) is 13.0. The van der Waals surface area contributed by atoms with Gasteiger partial charge in [-0.3, -0.25) is 0 Å². The minimum atomic E-state index is -0.0285. The molecule has 3 heteroatoms. The van der Waals surface area contributed by atoms with E-state index in [0.29, 0.717) is 0 Å². The first-order chi connectivity index (χ1) is 7.85. The van der Waals surface area contributed by atoms with E-state index in [4.69, 9.17) is 21.1 Å². The van der Waals surface area contributed by atoms with Crippen molar-refractivity contribution in [3.63, 3.8) is 0 Å². The van der Waals surface area contributed by atoms with E-state index in [1.807, 2.05) is 0 Å². The maximum atomic E-state index is 5.58. The normalized spacial score (nSPS) is 11.8. The van der Waals surface area contributed by atoms with E-state index in [2.05, 4.69) is 12.2 Å². The number of methoxy groups -OCH3 is 2. The molecule has 0 aliphatic rings. The number of rotatable bonds is 11. The fourth-order valence-corrected chi connectivity index (χ4v) is 1.67. The Bertz CT molecular complexity index is 156. The van der Waals surface area contributed by atoms with E-state index in [1.54, 1.807) is 14.2 Å². The number of hydrogen-bond acceptors (Lipinski definition) is 2. The standard InChI is InChI=1S/C13H25ClO2/c1-15-13(16-2)11-9-7-5-3-4-6-8-10-12-14/h4,6,13H,3,5,7-12H2,1-2H3/b6-4-. The molecule has 0 aromatic heterocycles. The van der Waals surface area contributed by atoms with E-state index >= 15 is 0 Å². The number of halogens is 1. The van der Waals surface area contributed by atoms with Crippen LogP contribution in [0.2, 0.25) is 0 Å². The highest BCUT2D eigenvalue weighted by molar-refractivity contribution is 6.17. The van der Waals surface area contributed by atoms with Gasteiger partial charge in [0.1, 0.15) is 0 Å². The molecule has 16 heavy (non-hydrogen) atoms. The van der Waals surface area contributed by atoms with E-state index in [9.17, 15) is 0 Å². The molecule has 0 amide bonds. The second-order valence-electron chi connectivity index (χ2n) is 3.84. The van der Waals surface area contributed by atoms with Gasteiger partial charge in [-0.05, 0) is 38.5 Å². The number of hydrogen-bond donors (Lipinski definition) is 0. The highest BCUT2D eigenvalue weighted by Gasteiger charge is 2.02. The van der Waals surface area contributed by atoms with Gasteiger partial charge in [0, 0.05) is 20.1 Å². The van der Waals surface area contributed by atoms with Crippen molar-refractivity contribution in [2.75, 3.05) is 20.1 Å². The molecule has 0 aliphatic heterocycles. The van der Waals surface area contributed by atoms with E-state index in [0.717, 1.165) is 25.1 Å². The molecular weight excluding hydrogens is 224 g/mol. The van der Waals surface area contributed by atoms with Crippen molar-refractivity contribution in [1.29, 1.82) is 0 Å². The van der Waals surface area contributed by atoms with Crippen molar-refractivity contribution >= 4 is 11.6 Å². The van der Waals surface area contributed by atoms with Gasteiger partial charge in [-0.25, -0.2) is 0 Å². The van der Waals surface area contributed by atoms with Gasteiger partial charge in [0.15, 0.2) is 6.29 Å². The first-order valence-electron chi connectivity index (χ1n) is 6.11. The van der Waals surface area contributed by atoms with Crippen LogP contribution in [0.25, 0.3) is 0 Å². The Morgan fingerprint density at radius 1 is 0.938 bits per heavy atom. The zero-order chi connectivity index (χ0) is 12.1. The second kappa shape index (κ2) is 13.0. The first-order valence-corrected chi connectivity index (χ1v) is 6.65. The van der Waals surface area contributed by atoms with E-state index in [-0.39, 0.29) is 6.29 Å². The van der Waals surface area contributed by atoms with Crippen molar-refractivity contribution in [1.82, 2.24) is 0 Å². The summed E-state index contributed by atoms with van der Waals surface area (Å²) in [6.07, 6.45) is 12.5. The summed E-state index contributed by atoms with van der Waals surface area (Å²) in [4.78, 5) is 0. The van der Waals surface area contributed by atoms with Gasteiger partial charge >= 0.3 is 0 Å². The van der Waals surface area contributed by atoms with Crippen LogP contribution in [-0.2, 0) is 9.47 Å². The molecule has 2 nitrogen and oxygen atoms in total. The summed E-state index contributed by atoms with van der Waals surface area (Å²) in [5.41, 5.74) is 0. The number of alkyl halides is 1. The minimum absolute atomic E-state index is 0.0285. The molecule has 96 valence electrons. The molecular formula is C13H25ClO2. The third-order valence-electron chi connectivity index (χ3n) is 2.51. The van der Waals surface area contributed by atoms with Gasteiger partial charge in [-0.2, -0.15) is 0 Å². The van der Waals surface area contributed by atoms with Crippen LogP contribution in [0.3, 0.4) is 0 Å². The Morgan fingerprint density at radius 3 is 2.12 bits per heavy atom. The maximum absolute atomic E-state index is 5.58. The fraction of sp³-hybridized carbons (Fsp3) is 0.846. The smallest absolute Gasteiger partial charge is 0.156 e. The molecule has 0 radical (unpaired) electrons. The Morgan fingerprint density at radius 2 is 1.56 bits per heavy atom. The van der Waals surface area contributed by atoms with Gasteiger partial charge < -0.3 is 9.47 Å². The summed E-state index contributed by atoms with van der Waals surface area (Å²) in [5, 5.41) is 0. The summed E-state index contributed by atoms with van der Waals surface area (Å²) < 4.78 is 10.2.